The maximum Gasteiger partial charge on any atom is 0.0167 e. The molecule has 3 unspecified atom stereocenters. The molecule has 3 heterocycles. The Hall–Kier alpha value is -0.340. The Balaban J connectivity index is 1.56. The van der Waals surface area contributed by atoms with Crippen molar-refractivity contribution in [3.63, 3.8) is 0 Å². The minimum atomic E-state index is 0.852. The molecule has 2 bridgehead atoms. The number of rotatable bonds is 2. The molecule has 0 radical (unpaired) electrons. The average Bonchev–Trinajstić information content (AvgIpc) is 2.77. The highest BCUT2D eigenvalue weighted by Gasteiger charge is 2.39. The molecule has 3 atom stereocenters. The Morgan fingerprint density at radius 3 is 2.69 bits per heavy atom. The second-order valence-electron chi connectivity index (χ2n) is 4.73. The van der Waals surface area contributed by atoms with Gasteiger partial charge in [0.1, 0.15) is 0 Å². The standard InChI is InChI=1S/C11H18N2/c1-2-6-13(5-1)8-9-7-10-3-4-11(9)12-10/h1-2,9-12H,3-8H2. The van der Waals surface area contributed by atoms with Crippen LogP contribution >= 0.6 is 0 Å². The van der Waals surface area contributed by atoms with Crippen molar-refractivity contribution in [1.29, 1.82) is 0 Å². The van der Waals surface area contributed by atoms with Crippen LogP contribution in [-0.4, -0.2) is 36.6 Å². The van der Waals surface area contributed by atoms with Gasteiger partial charge in [0.15, 0.2) is 0 Å². The smallest absolute Gasteiger partial charge is 0.0167 e. The van der Waals surface area contributed by atoms with Crippen LogP contribution in [0.2, 0.25) is 0 Å². The van der Waals surface area contributed by atoms with E-state index in [0.717, 1.165) is 18.0 Å². The van der Waals surface area contributed by atoms with Gasteiger partial charge in [-0.15, -0.1) is 0 Å². The Bertz CT molecular complexity index is 216. The van der Waals surface area contributed by atoms with Crippen molar-refractivity contribution in [2.75, 3.05) is 19.6 Å². The highest BCUT2D eigenvalue weighted by molar-refractivity contribution is 5.01. The minimum absolute atomic E-state index is 0.852. The van der Waals surface area contributed by atoms with Crippen molar-refractivity contribution in [1.82, 2.24) is 10.2 Å². The van der Waals surface area contributed by atoms with Crippen molar-refractivity contribution in [2.24, 2.45) is 5.92 Å². The van der Waals surface area contributed by atoms with Crippen LogP contribution in [0.15, 0.2) is 12.2 Å². The molecule has 13 heavy (non-hydrogen) atoms. The molecular formula is C11H18N2. The second-order valence-corrected chi connectivity index (χ2v) is 4.73. The van der Waals surface area contributed by atoms with Crippen LogP contribution in [0.1, 0.15) is 19.3 Å². The van der Waals surface area contributed by atoms with E-state index < -0.39 is 0 Å². The van der Waals surface area contributed by atoms with Gasteiger partial charge in [-0.3, -0.25) is 4.90 Å². The van der Waals surface area contributed by atoms with Gasteiger partial charge in [-0.1, -0.05) is 12.2 Å². The molecule has 2 fully saturated rings. The molecule has 0 aromatic heterocycles. The third-order valence-corrected chi connectivity index (χ3v) is 3.82. The lowest BCUT2D eigenvalue weighted by Crippen LogP contribution is -2.33. The lowest BCUT2D eigenvalue weighted by molar-refractivity contribution is 0.257. The summed E-state index contributed by atoms with van der Waals surface area (Å²) in [5.41, 5.74) is 0. The highest BCUT2D eigenvalue weighted by atomic mass is 15.1. The predicted molar refractivity (Wildman–Crippen MR) is 53.6 cm³/mol. The summed E-state index contributed by atoms with van der Waals surface area (Å²) >= 11 is 0. The van der Waals surface area contributed by atoms with Crippen LogP contribution in [0, 0.1) is 5.92 Å². The van der Waals surface area contributed by atoms with Crippen molar-refractivity contribution >= 4 is 0 Å². The molecule has 0 aromatic rings. The molecule has 1 N–H and O–H groups in total. The summed E-state index contributed by atoms with van der Waals surface area (Å²) in [4.78, 5) is 2.56. The zero-order valence-corrected chi connectivity index (χ0v) is 8.08. The zero-order chi connectivity index (χ0) is 8.67. The fraction of sp³-hybridized carbons (Fsp3) is 0.818. The fourth-order valence-corrected chi connectivity index (χ4v) is 3.14. The van der Waals surface area contributed by atoms with Crippen LogP contribution in [-0.2, 0) is 0 Å². The summed E-state index contributed by atoms with van der Waals surface area (Å²) in [5.74, 6) is 0.943. The van der Waals surface area contributed by atoms with Crippen molar-refractivity contribution in [3.8, 4) is 0 Å². The molecule has 3 aliphatic rings. The van der Waals surface area contributed by atoms with E-state index in [1.807, 2.05) is 0 Å². The summed E-state index contributed by atoms with van der Waals surface area (Å²) in [5, 5.41) is 3.70. The topological polar surface area (TPSA) is 15.3 Å². The molecule has 0 amide bonds. The van der Waals surface area contributed by atoms with Gasteiger partial charge >= 0.3 is 0 Å². The van der Waals surface area contributed by atoms with Crippen LogP contribution < -0.4 is 5.32 Å². The number of hydrogen-bond acceptors (Lipinski definition) is 2. The van der Waals surface area contributed by atoms with Gasteiger partial charge in [-0.25, -0.2) is 0 Å². The summed E-state index contributed by atoms with van der Waals surface area (Å²) in [6.45, 7) is 3.70. The molecule has 3 rings (SSSR count). The molecule has 0 saturated carbocycles. The van der Waals surface area contributed by atoms with Gasteiger partial charge in [-0.2, -0.15) is 0 Å². The first kappa shape index (κ1) is 8.01. The number of nitrogens with one attached hydrogen (secondary N) is 1. The molecular weight excluding hydrogens is 160 g/mol. The molecule has 72 valence electrons. The molecule has 0 aromatic carbocycles. The van der Waals surface area contributed by atoms with E-state index in [0.29, 0.717) is 0 Å². The molecule has 0 spiro atoms. The Morgan fingerprint density at radius 2 is 2.08 bits per heavy atom. The second kappa shape index (κ2) is 3.10. The van der Waals surface area contributed by atoms with Crippen molar-refractivity contribution in [3.05, 3.63) is 12.2 Å². The van der Waals surface area contributed by atoms with Crippen LogP contribution in [0.25, 0.3) is 0 Å². The first-order valence-corrected chi connectivity index (χ1v) is 5.55. The maximum absolute atomic E-state index is 3.70. The molecule has 3 aliphatic heterocycles. The Kier molecular flexibility index (Phi) is 1.91. The van der Waals surface area contributed by atoms with Gasteiger partial charge < -0.3 is 5.32 Å². The predicted octanol–water partition coefficient (Wildman–Crippen LogP) is 0.999. The summed E-state index contributed by atoms with van der Waals surface area (Å²) in [6.07, 6.45) is 8.87. The van der Waals surface area contributed by atoms with Crippen molar-refractivity contribution in [2.45, 2.75) is 31.3 Å². The zero-order valence-electron chi connectivity index (χ0n) is 8.08. The molecule has 2 heteroatoms. The van der Waals surface area contributed by atoms with Gasteiger partial charge in [0.2, 0.25) is 0 Å². The first-order valence-electron chi connectivity index (χ1n) is 5.55. The van der Waals surface area contributed by atoms with E-state index in [9.17, 15) is 0 Å². The van der Waals surface area contributed by atoms with Crippen LogP contribution in [0.3, 0.4) is 0 Å². The normalized spacial score (nSPS) is 43.5. The van der Waals surface area contributed by atoms with E-state index in [-0.39, 0.29) is 0 Å². The van der Waals surface area contributed by atoms with Crippen LogP contribution in [0.5, 0.6) is 0 Å². The minimum Gasteiger partial charge on any atom is -0.311 e. The monoisotopic (exact) mass is 178 g/mol. The number of fused-ring (bicyclic) bond motifs is 2. The Labute approximate surface area is 80.0 Å². The Morgan fingerprint density at radius 1 is 1.23 bits per heavy atom. The average molecular weight is 178 g/mol. The largest absolute Gasteiger partial charge is 0.311 e. The molecule has 2 saturated heterocycles. The van der Waals surface area contributed by atoms with E-state index in [1.54, 1.807) is 0 Å². The van der Waals surface area contributed by atoms with Gasteiger partial charge in [0.05, 0.1) is 0 Å². The van der Waals surface area contributed by atoms with E-state index in [1.165, 1.54) is 38.9 Å². The number of nitrogens with zero attached hydrogens (tertiary/aromatic N) is 1. The lowest BCUT2D eigenvalue weighted by atomic mass is 9.89. The van der Waals surface area contributed by atoms with E-state index >= 15 is 0 Å². The quantitative estimate of drug-likeness (QED) is 0.635. The maximum atomic E-state index is 3.70. The highest BCUT2D eigenvalue weighted by Crippen LogP contribution is 2.33. The van der Waals surface area contributed by atoms with E-state index in [4.69, 9.17) is 0 Å². The first-order chi connectivity index (χ1) is 6.42. The third kappa shape index (κ3) is 1.42. The lowest BCUT2D eigenvalue weighted by Gasteiger charge is -2.25. The van der Waals surface area contributed by atoms with Crippen molar-refractivity contribution < 1.29 is 0 Å². The van der Waals surface area contributed by atoms with Crippen LogP contribution in [0.4, 0.5) is 0 Å². The summed E-state index contributed by atoms with van der Waals surface area (Å²) in [6, 6.07) is 1.72. The number of hydrogen-bond donors (Lipinski definition) is 1. The molecule has 2 nitrogen and oxygen atoms in total. The van der Waals surface area contributed by atoms with Gasteiger partial charge in [0, 0.05) is 31.7 Å². The molecule has 0 aliphatic carbocycles. The van der Waals surface area contributed by atoms with Gasteiger partial charge in [-0.05, 0) is 25.2 Å². The summed E-state index contributed by atoms with van der Waals surface area (Å²) < 4.78 is 0. The fourth-order valence-electron chi connectivity index (χ4n) is 3.14. The SMILES string of the molecule is C1=CCN(CC2CC3CCC2N3)C1. The van der Waals surface area contributed by atoms with E-state index in [2.05, 4.69) is 22.4 Å². The van der Waals surface area contributed by atoms with Gasteiger partial charge in [0.25, 0.3) is 0 Å². The third-order valence-electron chi connectivity index (χ3n) is 3.82. The summed E-state index contributed by atoms with van der Waals surface area (Å²) in [7, 11) is 0.